The molecule has 124 valence electrons. The van der Waals surface area contributed by atoms with E-state index in [9.17, 15) is 4.79 Å². The molecule has 1 N–H and O–H groups in total. The van der Waals surface area contributed by atoms with Gasteiger partial charge in [0.1, 0.15) is 0 Å². The van der Waals surface area contributed by atoms with Gasteiger partial charge in [-0.15, -0.1) is 0 Å². The van der Waals surface area contributed by atoms with E-state index in [1.54, 1.807) is 13.2 Å². The van der Waals surface area contributed by atoms with Gasteiger partial charge in [0.15, 0.2) is 11.5 Å². The van der Waals surface area contributed by atoms with E-state index in [-0.39, 0.29) is 23.1 Å². The largest absolute Gasteiger partial charge is 0.383 e. The Morgan fingerprint density at radius 1 is 1.30 bits per heavy atom. The molecule has 23 heavy (non-hydrogen) atoms. The van der Waals surface area contributed by atoms with Crippen LogP contribution >= 0.6 is 0 Å². The van der Waals surface area contributed by atoms with E-state index in [2.05, 4.69) is 43.4 Å². The number of hydrogen-bond acceptors (Lipinski definition) is 4. The molecule has 1 amide bonds. The van der Waals surface area contributed by atoms with E-state index in [0.29, 0.717) is 12.4 Å². The molecule has 1 aromatic carbocycles. The maximum Gasteiger partial charge on any atom is 0.273 e. The SMILES string of the molecule is COC[C@H](C)NC(=O)c1cc(-c2ccc(C(C)(C)C)cc2)on1. The third kappa shape index (κ3) is 4.42. The highest BCUT2D eigenvalue weighted by Crippen LogP contribution is 2.26. The van der Waals surface area contributed by atoms with E-state index in [1.165, 1.54) is 5.56 Å². The number of amides is 1. The number of rotatable bonds is 5. The number of aromatic nitrogens is 1. The van der Waals surface area contributed by atoms with Crippen molar-refractivity contribution in [3.63, 3.8) is 0 Å². The van der Waals surface area contributed by atoms with Crippen molar-refractivity contribution < 1.29 is 14.1 Å². The van der Waals surface area contributed by atoms with Gasteiger partial charge in [-0.2, -0.15) is 0 Å². The molecular formula is C18H24N2O3. The van der Waals surface area contributed by atoms with Crippen LogP contribution in [-0.4, -0.2) is 30.8 Å². The topological polar surface area (TPSA) is 64.4 Å². The van der Waals surface area contributed by atoms with Gasteiger partial charge in [-0.3, -0.25) is 4.79 Å². The van der Waals surface area contributed by atoms with E-state index in [4.69, 9.17) is 9.26 Å². The van der Waals surface area contributed by atoms with E-state index in [1.807, 2.05) is 19.1 Å². The summed E-state index contributed by atoms with van der Waals surface area (Å²) in [6.45, 7) is 8.82. The van der Waals surface area contributed by atoms with Crippen molar-refractivity contribution in [2.24, 2.45) is 0 Å². The minimum atomic E-state index is -0.268. The van der Waals surface area contributed by atoms with Crippen LogP contribution in [0, 0.1) is 0 Å². The molecule has 0 saturated heterocycles. The highest BCUT2D eigenvalue weighted by Gasteiger charge is 2.17. The van der Waals surface area contributed by atoms with Gasteiger partial charge in [0, 0.05) is 24.8 Å². The van der Waals surface area contributed by atoms with E-state index >= 15 is 0 Å². The van der Waals surface area contributed by atoms with Crippen LogP contribution in [0.3, 0.4) is 0 Å². The van der Waals surface area contributed by atoms with Crippen LogP contribution in [-0.2, 0) is 10.2 Å². The molecule has 1 atom stereocenters. The summed E-state index contributed by atoms with van der Waals surface area (Å²) in [5.74, 6) is 0.311. The summed E-state index contributed by atoms with van der Waals surface area (Å²) >= 11 is 0. The van der Waals surface area contributed by atoms with E-state index < -0.39 is 0 Å². The van der Waals surface area contributed by atoms with Crippen LogP contribution in [0.1, 0.15) is 43.7 Å². The second-order valence-electron chi connectivity index (χ2n) is 6.73. The van der Waals surface area contributed by atoms with Crippen LogP contribution < -0.4 is 5.32 Å². The molecule has 0 saturated carbocycles. The lowest BCUT2D eigenvalue weighted by atomic mass is 9.86. The van der Waals surface area contributed by atoms with Gasteiger partial charge < -0.3 is 14.6 Å². The molecular weight excluding hydrogens is 292 g/mol. The Morgan fingerprint density at radius 3 is 2.52 bits per heavy atom. The summed E-state index contributed by atoms with van der Waals surface area (Å²) in [5, 5.41) is 6.65. The third-order valence-electron chi connectivity index (χ3n) is 3.57. The van der Waals surface area contributed by atoms with Gasteiger partial charge in [0.2, 0.25) is 0 Å². The lowest BCUT2D eigenvalue weighted by Crippen LogP contribution is -2.35. The van der Waals surface area contributed by atoms with Gasteiger partial charge in [0.25, 0.3) is 5.91 Å². The third-order valence-corrected chi connectivity index (χ3v) is 3.57. The summed E-state index contributed by atoms with van der Waals surface area (Å²) < 4.78 is 10.3. The molecule has 2 rings (SSSR count). The summed E-state index contributed by atoms with van der Waals surface area (Å²) in [4.78, 5) is 12.1. The van der Waals surface area contributed by atoms with Crippen molar-refractivity contribution in [2.75, 3.05) is 13.7 Å². The Kier molecular flexibility index (Phi) is 5.21. The van der Waals surface area contributed by atoms with Crippen LogP contribution in [0.15, 0.2) is 34.9 Å². The summed E-state index contributed by atoms with van der Waals surface area (Å²) in [6, 6.07) is 9.67. The quantitative estimate of drug-likeness (QED) is 0.918. The predicted molar refractivity (Wildman–Crippen MR) is 89.4 cm³/mol. The molecule has 5 nitrogen and oxygen atoms in total. The molecule has 0 aliphatic rings. The van der Waals surface area contributed by atoms with Gasteiger partial charge in [-0.1, -0.05) is 50.2 Å². The summed E-state index contributed by atoms with van der Waals surface area (Å²) in [6.07, 6.45) is 0. The maximum absolute atomic E-state index is 12.1. The summed E-state index contributed by atoms with van der Waals surface area (Å²) in [5.41, 5.74) is 2.51. The first-order valence-corrected chi connectivity index (χ1v) is 7.68. The van der Waals surface area contributed by atoms with Gasteiger partial charge >= 0.3 is 0 Å². The van der Waals surface area contributed by atoms with Gasteiger partial charge in [-0.25, -0.2) is 0 Å². The zero-order valence-electron chi connectivity index (χ0n) is 14.3. The zero-order valence-corrected chi connectivity index (χ0v) is 14.3. The van der Waals surface area contributed by atoms with Crippen molar-refractivity contribution in [3.05, 3.63) is 41.6 Å². The molecule has 0 spiro atoms. The average Bonchev–Trinajstić information content (AvgIpc) is 2.96. The first-order chi connectivity index (χ1) is 10.8. The number of carbonyl (C=O) groups is 1. The van der Waals surface area contributed by atoms with Crippen molar-refractivity contribution >= 4 is 5.91 Å². The fraction of sp³-hybridized carbons (Fsp3) is 0.444. The second kappa shape index (κ2) is 6.96. The second-order valence-corrected chi connectivity index (χ2v) is 6.73. The smallest absolute Gasteiger partial charge is 0.273 e. The minimum absolute atomic E-state index is 0.0845. The van der Waals surface area contributed by atoms with Crippen LogP contribution in [0.5, 0.6) is 0 Å². The molecule has 0 unspecified atom stereocenters. The molecule has 5 heteroatoms. The molecule has 2 aromatic rings. The van der Waals surface area contributed by atoms with Crippen molar-refractivity contribution in [1.82, 2.24) is 10.5 Å². The fourth-order valence-electron chi connectivity index (χ4n) is 2.24. The molecule has 0 fully saturated rings. The van der Waals surface area contributed by atoms with Gasteiger partial charge in [0.05, 0.1) is 6.61 Å². The number of ether oxygens (including phenoxy) is 1. The highest BCUT2D eigenvalue weighted by atomic mass is 16.5. The number of hydrogen-bond donors (Lipinski definition) is 1. The zero-order chi connectivity index (χ0) is 17.0. The minimum Gasteiger partial charge on any atom is -0.383 e. The molecule has 0 bridgehead atoms. The van der Waals surface area contributed by atoms with E-state index in [0.717, 1.165) is 5.56 Å². The Hall–Kier alpha value is -2.14. The Labute approximate surface area is 137 Å². The van der Waals surface area contributed by atoms with Gasteiger partial charge in [-0.05, 0) is 17.9 Å². The molecule has 0 radical (unpaired) electrons. The predicted octanol–water partition coefficient (Wildman–Crippen LogP) is 3.40. The van der Waals surface area contributed by atoms with Crippen molar-refractivity contribution in [1.29, 1.82) is 0 Å². The van der Waals surface area contributed by atoms with Crippen LogP contribution in [0.2, 0.25) is 0 Å². The standard InChI is InChI=1S/C18H24N2O3/c1-12(11-22-5)19-17(21)15-10-16(23-20-15)13-6-8-14(9-7-13)18(2,3)4/h6-10,12H,11H2,1-5H3,(H,19,21)/t12-/m0/s1. The number of methoxy groups -OCH3 is 1. The Bertz CT molecular complexity index is 654. The summed E-state index contributed by atoms with van der Waals surface area (Å²) in [7, 11) is 1.60. The Morgan fingerprint density at radius 2 is 1.96 bits per heavy atom. The van der Waals surface area contributed by atoms with Crippen LogP contribution in [0.25, 0.3) is 11.3 Å². The first-order valence-electron chi connectivity index (χ1n) is 7.68. The molecule has 0 aliphatic carbocycles. The molecule has 1 aromatic heterocycles. The highest BCUT2D eigenvalue weighted by molar-refractivity contribution is 5.93. The monoisotopic (exact) mass is 316 g/mol. The maximum atomic E-state index is 12.1. The van der Waals surface area contributed by atoms with Crippen molar-refractivity contribution in [3.8, 4) is 11.3 Å². The number of nitrogens with zero attached hydrogens (tertiary/aromatic N) is 1. The number of carbonyl (C=O) groups excluding carboxylic acids is 1. The molecule has 0 aliphatic heterocycles. The lowest BCUT2D eigenvalue weighted by molar-refractivity contribution is 0.0896. The lowest BCUT2D eigenvalue weighted by Gasteiger charge is -2.18. The number of benzene rings is 1. The van der Waals surface area contributed by atoms with Crippen molar-refractivity contribution in [2.45, 2.75) is 39.2 Å². The fourth-order valence-corrected chi connectivity index (χ4v) is 2.24. The Balaban J connectivity index is 2.11. The average molecular weight is 316 g/mol. The van der Waals surface area contributed by atoms with Crippen LogP contribution in [0.4, 0.5) is 0 Å². The normalized spacial score (nSPS) is 12.9. The molecule has 1 heterocycles. The first kappa shape index (κ1) is 17.2. The number of nitrogens with one attached hydrogen (secondary N) is 1.